The van der Waals surface area contributed by atoms with Crippen LogP contribution in [0.4, 0.5) is 4.79 Å². The van der Waals surface area contributed by atoms with E-state index in [0.717, 1.165) is 12.0 Å². The summed E-state index contributed by atoms with van der Waals surface area (Å²) in [6, 6.07) is 4.79. The summed E-state index contributed by atoms with van der Waals surface area (Å²) in [6.07, 6.45) is 9.62. The van der Waals surface area contributed by atoms with Crippen LogP contribution in [0.1, 0.15) is 65.7 Å². The number of sulfonamides is 1. The lowest BCUT2D eigenvalue weighted by molar-refractivity contribution is -0.142. The number of ether oxygens (including phenoxy) is 1. The number of carbonyl (C=O) groups is 4. The lowest BCUT2D eigenvalue weighted by Crippen LogP contribution is -2.59. The van der Waals surface area contributed by atoms with E-state index in [9.17, 15) is 32.7 Å². The summed E-state index contributed by atoms with van der Waals surface area (Å²) in [5.41, 5.74) is 0.308. The maximum atomic E-state index is 14.5. The molecule has 17 heteroatoms. The average Bonchev–Trinajstić information content (AvgIpc) is 3.90. The van der Waals surface area contributed by atoms with Gasteiger partial charge in [0, 0.05) is 54.0 Å². The molecule has 7 rings (SSSR count). The zero-order valence-corrected chi connectivity index (χ0v) is 32.4. The van der Waals surface area contributed by atoms with Gasteiger partial charge in [-0.3, -0.25) is 24.1 Å². The highest BCUT2D eigenvalue weighted by Crippen LogP contribution is 2.47. The van der Waals surface area contributed by atoms with E-state index >= 15 is 0 Å². The highest BCUT2D eigenvalue weighted by Gasteiger charge is 2.63. The zero-order chi connectivity index (χ0) is 39.1. The van der Waals surface area contributed by atoms with E-state index in [1.165, 1.54) is 16.2 Å². The van der Waals surface area contributed by atoms with Gasteiger partial charge in [0.25, 0.3) is 5.91 Å². The highest BCUT2D eigenvalue weighted by molar-refractivity contribution is 7.91. The molecule has 4 N–H and O–H groups in total. The standard InChI is InChI=1S/C38H45N7O8S2/c1-22-7-4-5-9-25-19-38(25,35(48)44-55(51,52)37(3)10-11-37)43-32(46)30-18-27(21-45(30)34(47)31(23(2)15-22)42-36(49)50)53-26-16-28(24-8-6-12-39-20-24)41-29(17-26)33-40-13-14-54-33/h5-6,8-9,12-14,16-17,20,22-23,25,27,30-31,42H,4,7,10-11,15,18-19,21H2,1-3H3,(H,43,46)(H,44,48)(H,49,50)/t22-,23-,25-,27-,30+,31+,38-/m1/s1. The van der Waals surface area contributed by atoms with Crippen molar-refractivity contribution >= 4 is 45.2 Å². The van der Waals surface area contributed by atoms with Crippen LogP contribution in [0.2, 0.25) is 0 Å². The SMILES string of the molecule is C[C@@H]1CCC=C[C@@H]2C[C@@]2(C(=O)NS(=O)(=O)C2(C)CC2)NC(=O)[C@@H]2C[C@@H](Oc3cc(-c4cccnc4)nc(-c4nccs4)c3)CN2C(=O)[C@@H](NC(=O)O)[C@H](C)C1. The first kappa shape index (κ1) is 38.4. The molecule has 0 radical (unpaired) electrons. The van der Waals surface area contributed by atoms with Gasteiger partial charge in [-0.15, -0.1) is 11.3 Å². The van der Waals surface area contributed by atoms with Gasteiger partial charge in [-0.25, -0.2) is 23.2 Å². The van der Waals surface area contributed by atoms with Crippen molar-refractivity contribution in [3.8, 4) is 27.7 Å². The van der Waals surface area contributed by atoms with Crippen molar-refractivity contribution in [1.82, 2.24) is 35.2 Å². The fourth-order valence-electron chi connectivity index (χ4n) is 7.62. The van der Waals surface area contributed by atoms with E-state index in [0.29, 0.717) is 47.8 Å². The van der Waals surface area contributed by atoms with E-state index in [-0.39, 0.29) is 25.3 Å². The summed E-state index contributed by atoms with van der Waals surface area (Å²) in [4.78, 5) is 69.6. The van der Waals surface area contributed by atoms with E-state index in [1.54, 1.807) is 43.7 Å². The summed E-state index contributed by atoms with van der Waals surface area (Å²) >= 11 is 1.40. The Morgan fingerprint density at radius 2 is 1.91 bits per heavy atom. The molecule has 4 aliphatic rings. The number of nitrogens with one attached hydrogen (secondary N) is 3. The minimum atomic E-state index is -4.01. The summed E-state index contributed by atoms with van der Waals surface area (Å²) in [5, 5.41) is 17.6. The molecule has 4 amide bonds. The Morgan fingerprint density at radius 1 is 1.13 bits per heavy atom. The number of allylic oxidation sites excluding steroid dienone is 1. The lowest BCUT2D eigenvalue weighted by atomic mass is 9.88. The van der Waals surface area contributed by atoms with Crippen molar-refractivity contribution in [2.45, 2.75) is 94.2 Å². The smallest absolute Gasteiger partial charge is 0.405 e. The fourth-order valence-corrected chi connectivity index (χ4v) is 9.53. The second kappa shape index (κ2) is 15.0. The number of carboxylic acid groups (broad SMARTS) is 1. The molecule has 15 nitrogen and oxygen atoms in total. The molecule has 3 aromatic heterocycles. The van der Waals surface area contributed by atoms with Crippen LogP contribution in [0.15, 0.2) is 60.4 Å². The monoisotopic (exact) mass is 791 g/mol. The Kier molecular flexibility index (Phi) is 10.4. The summed E-state index contributed by atoms with van der Waals surface area (Å²) < 4.78 is 34.0. The van der Waals surface area contributed by atoms with Crippen LogP contribution in [0.5, 0.6) is 5.75 Å². The number of fused-ring (bicyclic) bond motifs is 2. The molecule has 3 fully saturated rings. The lowest BCUT2D eigenvalue weighted by Gasteiger charge is -2.32. The van der Waals surface area contributed by atoms with Crippen molar-refractivity contribution < 1.29 is 37.4 Å². The number of carbonyl (C=O) groups excluding carboxylic acids is 3. The van der Waals surface area contributed by atoms with Crippen molar-refractivity contribution in [3.63, 3.8) is 0 Å². The van der Waals surface area contributed by atoms with Crippen molar-refractivity contribution in [1.29, 1.82) is 0 Å². The number of amides is 4. The number of hydrogen-bond donors (Lipinski definition) is 4. The van der Waals surface area contributed by atoms with Crippen LogP contribution >= 0.6 is 11.3 Å². The molecule has 0 aromatic carbocycles. The minimum absolute atomic E-state index is 0.00779. The zero-order valence-electron chi connectivity index (χ0n) is 30.8. The van der Waals surface area contributed by atoms with Gasteiger partial charge >= 0.3 is 6.09 Å². The van der Waals surface area contributed by atoms with E-state index in [4.69, 9.17) is 9.72 Å². The molecule has 2 saturated carbocycles. The molecule has 292 valence electrons. The van der Waals surface area contributed by atoms with Crippen LogP contribution in [0.3, 0.4) is 0 Å². The van der Waals surface area contributed by atoms with Crippen LogP contribution in [-0.2, 0) is 24.4 Å². The van der Waals surface area contributed by atoms with Gasteiger partial charge in [-0.1, -0.05) is 26.0 Å². The largest absolute Gasteiger partial charge is 0.488 e. The quantitative estimate of drug-likeness (QED) is 0.238. The molecule has 5 heterocycles. The first-order chi connectivity index (χ1) is 26.2. The fraction of sp³-hybridized carbons (Fsp3) is 0.500. The van der Waals surface area contributed by atoms with Crippen molar-refractivity contribution in [3.05, 3.63) is 60.4 Å². The normalized spacial score (nSPS) is 29.1. The molecular weight excluding hydrogens is 747 g/mol. The third kappa shape index (κ3) is 8.08. The topological polar surface area (TPSA) is 210 Å². The van der Waals surface area contributed by atoms with Crippen LogP contribution in [0.25, 0.3) is 22.0 Å². The molecule has 55 heavy (non-hydrogen) atoms. The second-order valence-electron chi connectivity index (χ2n) is 15.5. The van der Waals surface area contributed by atoms with Crippen LogP contribution in [-0.4, -0.2) is 92.2 Å². The van der Waals surface area contributed by atoms with Gasteiger partial charge < -0.3 is 25.4 Å². The second-order valence-corrected chi connectivity index (χ2v) is 18.6. The van der Waals surface area contributed by atoms with Gasteiger partial charge in [0.05, 0.1) is 17.0 Å². The Bertz CT molecular complexity index is 2090. The molecule has 0 spiro atoms. The van der Waals surface area contributed by atoms with Crippen LogP contribution in [0, 0.1) is 17.8 Å². The highest BCUT2D eigenvalue weighted by atomic mass is 32.2. The molecule has 0 bridgehead atoms. The summed E-state index contributed by atoms with van der Waals surface area (Å²) in [6.45, 7) is 5.36. The molecular formula is C38H45N7O8S2. The predicted molar refractivity (Wildman–Crippen MR) is 203 cm³/mol. The van der Waals surface area contributed by atoms with Crippen molar-refractivity contribution in [2.75, 3.05) is 6.54 Å². The third-order valence-electron chi connectivity index (χ3n) is 11.2. The predicted octanol–water partition coefficient (Wildman–Crippen LogP) is 4.14. The number of hydrogen-bond acceptors (Lipinski definition) is 11. The van der Waals surface area contributed by atoms with Gasteiger partial charge in [0.1, 0.15) is 40.2 Å². The van der Waals surface area contributed by atoms with Crippen LogP contribution < -0.4 is 20.1 Å². The van der Waals surface area contributed by atoms with Gasteiger partial charge in [-0.05, 0) is 69.4 Å². The maximum absolute atomic E-state index is 14.5. The Hall–Kier alpha value is -4.90. The number of nitrogens with zero attached hydrogens (tertiary/aromatic N) is 4. The molecule has 0 unspecified atom stereocenters. The number of aromatic nitrogens is 3. The molecule has 2 aliphatic carbocycles. The van der Waals surface area contributed by atoms with Gasteiger partial charge in [0.15, 0.2) is 0 Å². The average molecular weight is 792 g/mol. The minimum Gasteiger partial charge on any atom is -0.488 e. The Balaban J connectivity index is 1.22. The Labute approximate surface area is 323 Å². The summed E-state index contributed by atoms with van der Waals surface area (Å²) in [5.74, 6) is -2.44. The van der Waals surface area contributed by atoms with E-state index < -0.39 is 74.1 Å². The molecule has 2 aliphatic heterocycles. The maximum Gasteiger partial charge on any atom is 0.405 e. The van der Waals surface area contributed by atoms with Gasteiger partial charge in [-0.2, -0.15) is 0 Å². The first-order valence-corrected chi connectivity index (χ1v) is 20.9. The third-order valence-corrected chi connectivity index (χ3v) is 14.2. The first-order valence-electron chi connectivity index (χ1n) is 18.5. The molecule has 3 aromatic rings. The molecule has 7 atom stereocenters. The van der Waals surface area contributed by atoms with E-state index in [1.807, 2.05) is 37.4 Å². The molecule has 1 saturated heterocycles. The van der Waals surface area contributed by atoms with Gasteiger partial charge in [0.2, 0.25) is 21.8 Å². The summed E-state index contributed by atoms with van der Waals surface area (Å²) in [7, 11) is -4.01. The Morgan fingerprint density at radius 3 is 2.60 bits per heavy atom. The number of rotatable bonds is 8. The number of thiazole rings is 1. The van der Waals surface area contributed by atoms with Crippen molar-refractivity contribution in [2.24, 2.45) is 17.8 Å². The van der Waals surface area contributed by atoms with E-state index in [2.05, 4.69) is 25.3 Å². The number of pyridine rings is 2.